The third-order valence-corrected chi connectivity index (χ3v) is 4.25. The molecule has 0 fully saturated rings. The van der Waals surface area contributed by atoms with Crippen molar-refractivity contribution in [1.82, 2.24) is 0 Å². The minimum atomic E-state index is -4.61. The van der Waals surface area contributed by atoms with Crippen molar-refractivity contribution < 1.29 is 32.2 Å². The lowest BCUT2D eigenvalue weighted by Crippen LogP contribution is -2.12. The number of rotatable bonds is 7. The molecular weight excluding hydrogens is 397 g/mol. The molecule has 0 bridgehead atoms. The van der Waals surface area contributed by atoms with Gasteiger partial charge in [0, 0.05) is 11.4 Å². The fraction of sp³-hybridized carbons (Fsp3) is 0.350. The third-order valence-electron chi connectivity index (χ3n) is 3.84. The zero-order valence-electron chi connectivity index (χ0n) is 15.7. The fourth-order valence-corrected chi connectivity index (χ4v) is 2.58. The fourth-order valence-electron chi connectivity index (χ4n) is 2.42. The first kappa shape index (κ1) is 21.9. The van der Waals surface area contributed by atoms with Gasteiger partial charge >= 0.3 is 12.1 Å². The molecule has 28 heavy (non-hydrogen) atoms. The van der Waals surface area contributed by atoms with Crippen molar-refractivity contribution in [3.8, 4) is 17.2 Å². The molecule has 0 aliphatic rings. The Kier molecular flexibility index (Phi) is 7.18. The summed E-state index contributed by atoms with van der Waals surface area (Å²) < 4.78 is 56.3. The van der Waals surface area contributed by atoms with Crippen LogP contribution in [0.1, 0.15) is 37.0 Å². The van der Waals surface area contributed by atoms with Crippen LogP contribution in [-0.2, 0) is 17.6 Å². The maximum absolute atomic E-state index is 13.4. The van der Waals surface area contributed by atoms with Gasteiger partial charge in [-0.15, -0.1) is 0 Å². The molecule has 0 atom stereocenters. The van der Waals surface area contributed by atoms with Gasteiger partial charge in [0.05, 0.1) is 17.7 Å². The average molecular weight is 417 g/mol. The van der Waals surface area contributed by atoms with Crippen molar-refractivity contribution in [2.24, 2.45) is 0 Å². The highest BCUT2D eigenvalue weighted by atomic mass is 35.5. The molecule has 0 aliphatic carbocycles. The molecule has 2 aromatic rings. The Morgan fingerprint density at radius 2 is 1.75 bits per heavy atom. The number of hydrogen-bond donors (Lipinski definition) is 0. The van der Waals surface area contributed by atoms with E-state index in [2.05, 4.69) is 0 Å². The lowest BCUT2D eigenvalue weighted by atomic mass is 10.1. The van der Waals surface area contributed by atoms with Crippen molar-refractivity contribution in [3.63, 3.8) is 0 Å². The van der Waals surface area contributed by atoms with Gasteiger partial charge in [-0.2, -0.15) is 13.2 Å². The first-order valence-electron chi connectivity index (χ1n) is 8.62. The normalized spacial score (nSPS) is 11.2. The first-order chi connectivity index (χ1) is 13.2. The van der Waals surface area contributed by atoms with Crippen molar-refractivity contribution in [3.05, 3.63) is 52.0 Å². The van der Waals surface area contributed by atoms with Crippen LogP contribution in [0, 0.1) is 6.92 Å². The van der Waals surface area contributed by atoms with E-state index >= 15 is 0 Å². The highest BCUT2D eigenvalue weighted by Crippen LogP contribution is 2.40. The second-order valence-corrected chi connectivity index (χ2v) is 6.28. The van der Waals surface area contributed by atoms with E-state index in [4.69, 9.17) is 25.8 Å². The van der Waals surface area contributed by atoms with Crippen molar-refractivity contribution in [2.45, 2.75) is 40.0 Å². The summed E-state index contributed by atoms with van der Waals surface area (Å²) in [6.45, 7) is 4.90. The van der Waals surface area contributed by atoms with Crippen LogP contribution < -0.4 is 14.2 Å². The van der Waals surface area contributed by atoms with Crippen LogP contribution in [0.3, 0.4) is 0 Å². The summed E-state index contributed by atoms with van der Waals surface area (Å²) in [7, 11) is 0. The van der Waals surface area contributed by atoms with Gasteiger partial charge in [-0.25, -0.2) is 0 Å². The molecule has 0 radical (unpaired) electrons. The van der Waals surface area contributed by atoms with E-state index in [1.807, 2.05) is 0 Å². The van der Waals surface area contributed by atoms with Crippen LogP contribution in [0.4, 0.5) is 13.2 Å². The highest BCUT2D eigenvalue weighted by Gasteiger charge is 2.35. The molecule has 4 nitrogen and oxygen atoms in total. The molecule has 0 heterocycles. The average Bonchev–Trinajstić information content (AvgIpc) is 2.62. The van der Waals surface area contributed by atoms with Gasteiger partial charge in [-0.05, 0) is 43.7 Å². The summed E-state index contributed by atoms with van der Waals surface area (Å²) in [5, 5.41) is 0.152. The minimum absolute atomic E-state index is 0.144. The van der Waals surface area contributed by atoms with Gasteiger partial charge in [0.2, 0.25) is 0 Å². The van der Waals surface area contributed by atoms with Crippen molar-refractivity contribution in [1.29, 1.82) is 0 Å². The summed E-state index contributed by atoms with van der Waals surface area (Å²) in [6.07, 6.45) is -4.47. The predicted octanol–water partition coefficient (Wildman–Crippen LogP) is 5.96. The molecule has 0 spiro atoms. The van der Waals surface area contributed by atoms with Gasteiger partial charge in [-0.1, -0.05) is 24.6 Å². The molecule has 2 aromatic carbocycles. The number of carbonyl (C=O) groups excluding carboxylic acids is 1. The molecule has 8 heteroatoms. The number of aryl methyl sites for hydroxylation is 1. The quantitative estimate of drug-likeness (QED) is 0.412. The maximum atomic E-state index is 13.4. The van der Waals surface area contributed by atoms with Crippen molar-refractivity contribution >= 4 is 17.6 Å². The second kappa shape index (κ2) is 9.19. The van der Waals surface area contributed by atoms with Gasteiger partial charge in [0.25, 0.3) is 0 Å². The molecular formula is C20H20ClF3O4. The highest BCUT2D eigenvalue weighted by molar-refractivity contribution is 6.31. The van der Waals surface area contributed by atoms with E-state index < -0.39 is 23.5 Å². The Balaban J connectivity index is 2.41. The Labute approximate surface area is 166 Å². The van der Waals surface area contributed by atoms with Crippen LogP contribution in [0.5, 0.6) is 17.2 Å². The van der Waals surface area contributed by atoms with Crippen LogP contribution in [0.25, 0.3) is 0 Å². The second-order valence-electron chi connectivity index (χ2n) is 5.88. The molecule has 152 valence electrons. The number of halogens is 4. The monoisotopic (exact) mass is 416 g/mol. The molecule has 0 saturated carbocycles. The number of benzene rings is 2. The molecule has 0 unspecified atom stereocenters. The van der Waals surface area contributed by atoms with Crippen LogP contribution in [0.2, 0.25) is 5.02 Å². The summed E-state index contributed by atoms with van der Waals surface area (Å²) in [5.41, 5.74) is -0.319. The zero-order valence-corrected chi connectivity index (χ0v) is 16.4. The predicted molar refractivity (Wildman–Crippen MR) is 99.1 cm³/mol. The van der Waals surface area contributed by atoms with E-state index in [0.29, 0.717) is 17.9 Å². The van der Waals surface area contributed by atoms with Crippen LogP contribution >= 0.6 is 11.6 Å². The smallest absolute Gasteiger partial charge is 0.419 e. The van der Waals surface area contributed by atoms with Gasteiger partial charge < -0.3 is 14.2 Å². The third kappa shape index (κ3) is 5.32. The Morgan fingerprint density at radius 3 is 2.36 bits per heavy atom. The summed E-state index contributed by atoms with van der Waals surface area (Å²) in [4.78, 5) is 11.7. The summed E-state index contributed by atoms with van der Waals surface area (Å²) in [5.74, 6) is -0.369. The van der Waals surface area contributed by atoms with Gasteiger partial charge in [0.1, 0.15) is 23.9 Å². The zero-order chi connectivity index (χ0) is 20.9. The maximum Gasteiger partial charge on any atom is 0.419 e. The molecule has 0 saturated heterocycles. The van der Waals surface area contributed by atoms with Crippen molar-refractivity contribution in [2.75, 3.05) is 6.61 Å². The van der Waals surface area contributed by atoms with Crippen LogP contribution in [0.15, 0.2) is 30.3 Å². The first-order valence-corrected chi connectivity index (χ1v) is 9.00. The molecule has 2 rings (SSSR count). The number of ether oxygens (including phenoxy) is 3. The Hall–Kier alpha value is -2.41. The molecule has 0 aliphatic heterocycles. The van der Waals surface area contributed by atoms with E-state index in [1.165, 1.54) is 13.0 Å². The Morgan fingerprint density at radius 1 is 1.07 bits per heavy atom. The van der Waals surface area contributed by atoms with Gasteiger partial charge in [-0.3, -0.25) is 4.79 Å². The molecule has 0 N–H and O–H groups in total. The van der Waals surface area contributed by atoms with E-state index in [9.17, 15) is 18.0 Å². The van der Waals surface area contributed by atoms with E-state index in [1.54, 1.807) is 26.0 Å². The van der Waals surface area contributed by atoms with E-state index in [0.717, 1.165) is 12.1 Å². The number of hydrogen-bond acceptors (Lipinski definition) is 4. The standard InChI is InChI=1S/C20H20ClF3O4/c1-4-19(25)28-17-8-6-7-16(26-5-2)13(17)11-27-18-10-15(21)12(3)9-14(18)20(22,23)24/h6-10H,4-5,11H2,1-3H3. The lowest BCUT2D eigenvalue weighted by Gasteiger charge is -2.18. The summed E-state index contributed by atoms with van der Waals surface area (Å²) in [6, 6.07) is 6.83. The number of alkyl halides is 3. The van der Waals surface area contributed by atoms with Crippen LogP contribution in [-0.4, -0.2) is 12.6 Å². The topological polar surface area (TPSA) is 44.8 Å². The van der Waals surface area contributed by atoms with E-state index in [-0.39, 0.29) is 29.4 Å². The summed E-state index contributed by atoms with van der Waals surface area (Å²) >= 11 is 5.98. The van der Waals surface area contributed by atoms with Gasteiger partial charge in [0.15, 0.2) is 0 Å². The minimum Gasteiger partial charge on any atom is -0.493 e. The molecule has 0 aromatic heterocycles. The number of esters is 1. The SMILES string of the molecule is CCOc1cccc(OC(=O)CC)c1COc1cc(Cl)c(C)cc1C(F)(F)F. The lowest BCUT2D eigenvalue weighted by molar-refractivity contribution is -0.139. The molecule has 0 amide bonds. The Bertz CT molecular complexity index is 850. The largest absolute Gasteiger partial charge is 0.493 e. The number of carbonyl (C=O) groups is 1.